The quantitative estimate of drug-likeness (QED) is 0.835. The van der Waals surface area contributed by atoms with Crippen molar-refractivity contribution < 1.29 is 14.3 Å². The van der Waals surface area contributed by atoms with Crippen molar-refractivity contribution in [2.45, 2.75) is 32.4 Å². The van der Waals surface area contributed by atoms with E-state index in [1.807, 2.05) is 32.0 Å². The Morgan fingerprint density at radius 3 is 2.42 bits per heavy atom. The zero-order valence-corrected chi connectivity index (χ0v) is 12.0. The first-order valence-corrected chi connectivity index (χ1v) is 6.48. The highest BCUT2D eigenvalue weighted by Gasteiger charge is 2.39. The van der Waals surface area contributed by atoms with Crippen LogP contribution in [0.2, 0.25) is 0 Å². The minimum absolute atomic E-state index is 0.313. The Kier molecular flexibility index (Phi) is 3.80. The molecule has 0 N–H and O–H groups in total. The van der Waals surface area contributed by atoms with Crippen LogP contribution in [-0.4, -0.2) is 37.0 Å². The number of Topliss-reactive ketones (excluding diaryl/α,β-unsaturated/α-hetero) is 1. The molecule has 4 heteroatoms. The van der Waals surface area contributed by atoms with Crippen molar-refractivity contribution in [3.8, 4) is 11.5 Å². The Morgan fingerprint density at radius 2 is 1.89 bits per heavy atom. The molecule has 1 aliphatic heterocycles. The molecule has 1 heterocycles. The molecule has 104 valence electrons. The predicted octanol–water partition coefficient (Wildman–Crippen LogP) is 2.26. The number of hydrogen-bond donors (Lipinski definition) is 0. The van der Waals surface area contributed by atoms with Crippen LogP contribution in [0.3, 0.4) is 0 Å². The number of hydrogen-bond acceptors (Lipinski definition) is 4. The molecule has 2 rings (SSSR count). The number of carbonyl (C=O) groups excluding carboxylic acids is 1. The summed E-state index contributed by atoms with van der Waals surface area (Å²) in [5.41, 5.74) is 0.757. The van der Waals surface area contributed by atoms with Gasteiger partial charge in [-0.25, -0.2) is 0 Å². The number of ether oxygens (including phenoxy) is 2. The second-order valence-electron chi connectivity index (χ2n) is 5.34. The van der Waals surface area contributed by atoms with E-state index in [1.54, 1.807) is 14.2 Å². The first-order valence-electron chi connectivity index (χ1n) is 6.48. The van der Waals surface area contributed by atoms with Crippen molar-refractivity contribution in [2.24, 2.45) is 0 Å². The van der Waals surface area contributed by atoms with Gasteiger partial charge in [0.25, 0.3) is 0 Å². The second-order valence-corrected chi connectivity index (χ2v) is 5.34. The van der Waals surface area contributed by atoms with Gasteiger partial charge in [-0.1, -0.05) is 6.07 Å². The number of benzene rings is 1. The minimum atomic E-state index is -0.368. The maximum atomic E-state index is 11.8. The Hall–Kier alpha value is -1.55. The van der Waals surface area contributed by atoms with Crippen LogP contribution in [0.15, 0.2) is 18.2 Å². The molecule has 19 heavy (non-hydrogen) atoms. The lowest BCUT2D eigenvalue weighted by Crippen LogP contribution is -2.42. The van der Waals surface area contributed by atoms with Gasteiger partial charge < -0.3 is 9.47 Å². The molecule has 0 aliphatic carbocycles. The van der Waals surface area contributed by atoms with Crippen LogP contribution in [0.4, 0.5) is 0 Å². The molecule has 0 bridgehead atoms. The van der Waals surface area contributed by atoms with Crippen LogP contribution in [0.25, 0.3) is 0 Å². The van der Waals surface area contributed by atoms with Gasteiger partial charge in [0.05, 0.1) is 19.8 Å². The lowest BCUT2D eigenvalue weighted by molar-refractivity contribution is -0.123. The highest BCUT2D eigenvalue weighted by atomic mass is 16.5. The van der Waals surface area contributed by atoms with Crippen molar-refractivity contribution >= 4 is 5.78 Å². The highest BCUT2D eigenvalue weighted by Crippen LogP contribution is 2.31. The molecule has 1 aromatic rings. The molecule has 1 aromatic carbocycles. The minimum Gasteiger partial charge on any atom is -0.493 e. The molecule has 4 nitrogen and oxygen atoms in total. The van der Waals surface area contributed by atoms with Gasteiger partial charge in [0.2, 0.25) is 0 Å². The second kappa shape index (κ2) is 5.21. The predicted molar refractivity (Wildman–Crippen MR) is 73.7 cm³/mol. The molecule has 1 fully saturated rings. The summed E-state index contributed by atoms with van der Waals surface area (Å²) in [6, 6.07) is 5.89. The van der Waals surface area contributed by atoms with E-state index < -0.39 is 0 Å². The van der Waals surface area contributed by atoms with E-state index in [2.05, 4.69) is 4.90 Å². The summed E-state index contributed by atoms with van der Waals surface area (Å²) in [7, 11) is 3.25. The summed E-state index contributed by atoms with van der Waals surface area (Å²) in [5, 5.41) is 0. The zero-order valence-electron chi connectivity index (χ0n) is 12.0. The van der Waals surface area contributed by atoms with Crippen LogP contribution < -0.4 is 9.47 Å². The van der Waals surface area contributed by atoms with E-state index >= 15 is 0 Å². The third-order valence-electron chi connectivity index (χ3n) is 3.90. The monoisotopic (exact) mass is 263 g/mol. The largest absolute Gasteiger partial charge is 0.493 e. The van der Waals surface area contributed by atoms with Crippen LogP contribution in [-0.2, 0) is 11.3 Å². The van der Waals surface area contributed by atoms with E-state index in [-0.39, 0.29) is 5.54 Å². The van der Waals surface area contributed by atoms with Crippen LogP contribution in [0.5, 0.6) is 11.5 Å². The molecule has 0 spiro atoms. The third kappa shape index (κ3) is 2.59. The average Bonchev–Trinajstić information content (AvgIpc) is 2.65. The molecule has 0 amide bonds. The molecule has 0 saturated carbocycles. The van der Waals surface area contributed by atoms with Crippen molar-refractivity contribution in [1.82, 2.24) is 4.90 Å². The number of nitrogens with zero attached hydrogens (tertiary/aromatic N) is 1. The fourth-order valence-electron chi connectivity index (χ4n) is 2.47. The summed E-state index contributed by atoms with van der Waals surface area (Å²) >= 11 is 0. The van der Waals surface area contributed by atoms with Crippen LogP contribution in [0, 0.1) is 0 Å². The number of methoxy groups -OCH3 is 2. The number of likely N-dealkylation sites (tertiary alicyclic amines) is 1. The fraction of sp³-hybridized carbons (Fsp3) is 0.533. The van der Waals surface area contributed by atoms with E-state index in [4.69, 9.17) is 9.47 Å². The van der Waals surface area contributed by atoms with Gasteiger partial charge in [-0.2, -0.15) is 0 Å². The van der Waals surface area contributed by atoms with Crippen LogP contribution in [0.1, 0.15) is 25.8 Å². The molecule has 0 radical (unpaired) electrons. The van der Waals surface area contributed by atoms with Gasteiger partial charge in [-0.05, 0) is 31.5 Å². The molecule has 0 atom stereocenters. The normalized spacial score (nSPS) is 18.6. The first-order chi connectivity index (χ1) is 8.98. The molecule has 1 aliphatic rings. The summed E-state index contributed by atoms with van der Waals surface area (Å²) in [5.74, 6) is 1.76. The van der Waals surface area contributed by atoms with Gasteiger partial charge >= 0.3 is 0 Å². The van der Waals surface area contributed by atoms with Crippen molar-refractivity contribution in [1.29, 1.82) is 0 Å². The van der Waals surface area contributed by atoms with E-state index in [9.17, 15) is 4.79 Å². The van der Waals surface area contributed by atoms with E-state index in [0.29, 0.717) is 12.2 Å². The maximum Gasteiger partial charge on any atom is 0.161 e. The third-order valence-corrected chi connectivity index (χ3v) is 3.90. The fourth-order valence-corrected chi connectivity index (χ4v) is 2.47. The molecule has 0 aromatic heterocycles. The number of rotatable bonds is 4. The van der Waals surface area contributed by atoms with Gasteiger partial charge in [0.15, 0.2) is 17.3 Å². The summed E-state index contributed by atoms with van der Waals surface area (Å²) < 4.78 is 10.5. The summed E-state index contributed by atoms with van der Waals surface area (Å²) in [4.78, 5) is 14.0. The average molecular weight is 263 g/mol. The standard InChI is InChI=1S/C15H21NO3/c1-15(2)14(17)7-8-16(15)10-11-5-6-12(18-3)13(9-11)19-4/h5-6,9H,7-8,10H2,1-4H3. The first kappa shape index (κ1) is 13.9. The smallest absolute Gasteiger partial charge is 0.161 e. The van der Waals surface area contributed by atoms with Crippen LogP contribution >= 0.6 is 0 Å². The number of ketones is 1. The highest BCUT2D eigenvalue weighted by molar-refractivity contribution is 5.89. The Bertz CT molecular complexity index is 482. The van der Waals surface area contributed by atoms with Crippen molar-refractivity contribution in [2.75, 3.05) is 20.8 Å². The van der Waals surface area contributed by atoms with Crippen molar-refractivity contribution in [3.05, 3.63) is 23.8 Å². The van der Waals surface area contributed by atoms with Gasteiger partial charge in [-0.15, -0.1) is 0 Å². The lowest BCUT2D eigenvalue weighted by Gasteiger charge is -2.30. The molecular weight excluding hydrogens is 242 g/mol. The maximum absolute atomic E-state index is 11.8. The Balaban J connectivity index is 2.18. The molecule has 1 saturated heterocycles. The summed E-state index contributed by atoms with van der Waals surface area (Å²) in [6.07, 6.45) is 0.639. The SMILES string of the molecule is COc1ccc(CN2CCC(=O)C2(C)C)cc1OC. The van der Waals surface area contributed by atoms with Gasteiger partial charge in [0, 0.05) is 19.5 Å². The Morgan fingerprint density at radius 1 is 1.21 bits per heavy atom. The topological polar surface area (TPSA) is 38.8 Å². The van der Waals surface area contributed by atoms with E-state index in [0.717, 1.165) is 30.2 Å². The molecular formula is C15H21NO3. The van der Waals surface area contributed by atoms with E-state index in [1.165, 1.54) is 0 Å². The molecule has 0 unspecified atom stereocenters. The Labute approximate surface area is 114 Å². The van der Waals surface area contributed by atoms with Crippen molar-refractivity contribution in [3.63, 3.8) is 0 Å². The van der Waals surface area contributed by atoms with Gasteiger partial charge in [-0.3, -0.25) is 9.69 Å². The summed E-state index contributed by atoms with van der Waals surface area (Å²) in [6.45, 7) is 5.55. The number of carbonyl (C=O) groups is 1. The lowest BCUT2D eigenvalue weighted by atomic mass is 10.00. The zero-order chi connectivity index (χ0) is 14.0. The van der Waals surface area contributed by atoms with Gasteiger partial charge in [0.1, 0.15) is 0 Å².